The number of halogens is 1. The molecule has 0 unspecified atom stereocenters. The van der Waals surface area contributed by atoms with E-state index in [0.717, 1.165) is 18.4 Å². The monoisotopic (exact) mass is 404 g/mol. The molecule has 1 saturated carbocycles. The number of aromatic nitrogens is 3. The van der Waals surface area contributed by atoms with Gasteiger partial charge in [0.25, 0.3) is 0 Å². The average Bonchev–Trinajstić information content (AvgIpc) is 3.44. The first kappa shape index (κ1) is 17.9. The van der Waals surface area contributed by atoms with E-state index >= 15 is 0 Å². The SMILES string of the molecule is CS(=O)(=O)c1ccc(CNc2nc(OC3CC3)c3nc(Cl)ccc3n2)cc1. The van der Waals surface area contributed by atoms with Crippen LogP contribution in [0.2, 0.25) is 5.15 Å². The van der Waals surface area contributed by atoms with Crippen molar-refractivity contribution in [3.63, 3.8) is 0 Å². The molecule has 4 rings (SSSR count). The first-order valence-electron chi connectivity index (χ1n) is 8.42. The summed E-state index contributed by atoms with van der Waals surface area (Å²) >= 11 is 5.99. The maximum Gasteiger partial charge on any atom is 0.245 e. The molecule has 0 saturated heterocycles. The second kappa shape index (κ2) is 6.94. The Morgan fingerprint density at radius 3 is 2.52 bits per heavy atom. The van der Waals surface area contributed by atoms with Crippen LogP contribution in [0.1, 0.15) is 18.4 Å². The number of rotatable bonds is 6. The van der Waals surface area contributed by atoms with Gasteiger partial charge >= 0.3 is 0 Å². The summed E-state index contributed by atoms with van der Waals surface area (Å²) in [6, 6.07) is 10.1. The van der Waals surface area contributed by atoms with Gasteiger partial charge in [-0.25, -0.2) is 18.4 Å². The van der Waals surface area contributed by atoms with E-state index in [0.29, 0.717) is 34.6 Å². The number of nitrogens with one attached hydrogen (secondary N) is 1. The number of nitrogens with zero attached hydrogens (tertiary/aromatic N) is 3. The highest BCUT2D eigenvalue weighted by Crippen LogP contribution is 2.30. The molecule has 1 aliphatic carbocycles. The lowest BCUT2D eigenvalue weighted by Crippen LogP contribution is -2.07. The average molecular weight is 405 g/mol. The zero-order valence-corrected chi connectivity index (χ0v) is 16.1. The van der Waals surface area contributed by atoms with Crippen LogP contribution in [0.25, 0.3) is 11.0 Å². The van der Waals surface area contributed by atoms with Crippen LogP contribution < -0.4 is 10.1 Å². The van der Waals surface area contributed by atoms with Gasteiger partial charge in [-0.2, -0.15) is 4.98 Å². The lowest BCUT2D eigenvalue weighted by atomic mass is 10.2. The number of ether oxygens (including phenoxy) is 1. The van der Waals surface area contributed by atoms with Crippen LogP contribution >= 0.6 is 11.6 Å². The minimum Gasteiger partial charge on any atom is -0.473 e. The first-order chi connectivity index (χ1) is 12.9. The largest absolute Gasteiger partial charge is 0.473 e. The van der Waals surface area contributed by atoms with Crippen LogP contribution in [0.5, 0.6) is 5.88 Å². The molecule has 0 radical (unpaired) electrons. The van der Waals surface area contributed by atoms with Gasteiger partial charge in [0.1, 0.15) is 11.3 Å². The van der Waals surface area contributed by atoms with E-state index in [1.807, 2.05) is 0 Å². The molecule has 0 aliphatic heterocycles. The Morgan fingerprint density at radius 1 is 1.11 bits per heavy atom. The molecule has 140 valence electrons. The van der Waals surface area contributed by atoms with Gasteiger partial charge < -0.3 is 10.1 Å². The van der Waals surface area contributed by atoms with Gasteiger partial charge in [-0.15, -0.1) is 0 Å². The van der Waals surface area contributed by atoms with E-state index < -0.39 is 9.84 Å². The van der Waals surface area contributed by atoms with Gasteiger partial charge in [0, 0.05) is 12.8 Å². The van der Waals surface area contributed by atoms with E-state index in [4.69, 9.17) is 16.3 Å². The Bertz CT molecular complexity index is 1100. The molecule has 9 heteroatoms. The maximum absolute atomic E-state index is 11.5. The molecule has 1 N–H and O–H groups in total. The van der Waals surface area contributed by atoms with Crippen LogP contribution in [0.3, 0.4) is 0 Å². The van der Waals surface area contributed by atoms with Crippen LogP contribution in [0, 0.1) is 0 Å². The van der Waals surface area contributed by atoms with Crippen molar-refractivity contribution in [3.05, 3.63) is 47.1 Å². The molecule has 0 spiro atoms. The third-order valence-electron chi connectivity index (χ3n) is 4.08. The van der Waals surface area contributed by atoms with Gasteiger partial charge in [-0.3, -0.25) is 0 Å². The molecular formula is C18H17ClN4O3S. The molecule has 0 atom stereocenters. The van der Waals surface area contributed by atoms with E-state index in [-0.39, 0.29) is 11.0 Å². The van der Waals surface area contributed by atoms with Crippen molar-refractivity contribution in [1.29, 1.82) is 0 Å². The van der Waals surface area contributed by atoms with Crippen LogP contribution in [-0.2, 0) is 16.4 Å². The summed E-state index contributed by atoms with van der Waals surface area (Å²) in [6.07, 6.45) is 3.36. The molecule has 1 fully saturated rings. The number of anilines is 1. The van der Waals surface area contributed by atoms with Gasteiger partial charge in [-0.05, 0) is 42.7 Å². The summed E-state index contributed by atoms with van der Waals surface area (Å²) in [5, 5.41) is 3.51. The molecule has 27 heavy (non-hydrogen) atoms. The van der Waals surface area contributed by atoms with Crippen molar-refractivity contribution in [1.82, 2.24) is 15.0 Å². The highest BCUT2D eigenvalue weighted by molar-refractivity contribution is 7.90. The van der Waals surface area contributed by atoms with Crippen molar-refractivity contribution in [2.45, 2.75) is 30.4 Å². The molecule has 1 aliphatic rings. The summed E-state index contributed by atoms with van der Waals surface area (Å²) in [6.45, 7) is 0.444. The van der Waals surface area contributed by atoms with E-state index in [1.165, 1.54) is 6.26 Å². The quantitative estimate of drug-likeness (QED) is 0.630. The Labute approximate surface area is 161 Å². The zero-order valence-electron chi connectivity index (χ0n) is 14.5. The van der Waals surface area contributed by atoms with Crippen molar-refractivity contribution in [2.75, 3.05) is 11.6 Å². The molecule has 1 aromatic carbocycles. The van der Waals surface area contributed by atoms with Gasteiger partial charge in [-0.1, -0.05) is 23.7 Å². The highest BCUT2D eigenvalue weighted by atomic mass is 35.5. The first-order valence-corrected chi connectivity index (χ1v) is 10.7. The Hall–Kier alpha value is -2.45. The fourth-order valence-electron chi connectivity index (χ4n) is 2.50. The summed E-state index contributed by atoms with van der Waals surface area (Å²) in [7, 11) is -3.21. The van der Waals surface area contributed by atoms with E-state index in [9.17, 15) is 8.42 Å². The van der Waals surface area contributed by atoms with E-state index in [2.05, 4.69) is 20.3 Å². The zero-order chi connectivity index (χ0) is 19.0. The Balaban J connectivity index is 1.57. The summed E-state index contributed by atoms with van der Waals surface area (Å²) < 4.78 is 28.9. The smallest absolute Gasteiger partial charge is 0.245 e. The Morgan fingerprint density at radius 2 is 1.85 bits per heavy atom. The minimum absolute atomic E-state index is 0.167. The van der Waals surface area contributed by atoms with Crippen molar-refractivity contribution in [2.24, 2.45) is 0 Å². The third kappa shape index (κ3) is 4.28. The molecular weight excluding hydrogens is 388 g/mol. The molecule has 7 nitrogen and oxygen atoms in total. The number of sulfone groups is 1. The van der Waals surface area contributed by atoms with Crippen molar-refractivity contribution < 1.29 is 13.2 Å². The lowest BCUT2D eigenvalue weighted by Gasteiger charge is -2.11. The predicted molar refractivity (Wildman–Crippen MR) is 103 cm³/mol. The number of benzene rings is 1. The van der Waals surface area contributed by atoms with Crippen molar-refractivity contribution >= 4 is 38.4 Å². The van der Waals surface area contributed by atoms with Crippen LogP contribution in [0.15, 0.2) is 41.3 Å². The maximum atomic E-state index is 11.5. The number of fused-ring (bicyclic) bond motifs is 1. The highest BCUT2D eigenvalue weighted by Gasteiger charge is 2.26. The Kier molecular flexibility index (Phi) is 4.61. The number of hydrogen-bond acceptors (Lipinski definition) is 7. The lowest BCUT2D eigenvalue weighted by molar-refractivity contribution is 0.294. The molecule has 2 aromatic heterocycles. The topological polar surface area (TPSA) is 94.1 Å². The van der Waals surface area contributed by atoms with E-state index in [1.54, 1.807) is 36.4 Å². The minimum atomic E-state index is -3.21. The predicted octanol–water partition coefficient (Wildman–Crippen LogP) is 3.24. The molecule has 0 amide bonds. The molecule has 3 aromatic rings. The standard InChI is InChI=1S/C18H17ClN4O3S/c1-27(24,25)13-6-2-11(3-7-13)10-20-18-21-14-8-9-15(19)22-16(14)17(23-18)26-12-4-5-12/h2-3,6-9,12H,4-5,10H2,1H3,(H,20,21,23). The normalized spacial score (nSPS) is 14.3. The van der Waals surface area contributed by atoms with Gasteiger partial charge in [0.2, 0.25) is 11.8 Å². The summed E-state index contributed by atoms with van der Waals surface area (Å²) in [5.41, 5.74) is 2.09. The number of pyridine rings is 1. The second-order valence-electron chi connectivity index (χ2n) is 6.44. The molecule has 2 heterocycles. The molecule has 0 bridgehead atoms. The van der Waals surface area contributed by atoms with Crippen molar-refractivity contribution in [3.8, 4) is 5.88 Å². The van der Waals surface area contributed by atoms with Gasteiger partial charge in [0.05, 0.1) is 10.4 Å². The fraction of sp³-hybridized carbons (Fsp3) is 0.278. The second-order valence-corrected chi connectivity index (χ2v) is 8.84. The summed E-state index contributed by atoms with van der Waals surface area (Å²) in [4.78, 5) is 13.5. The summed E-state index contributed by atoms with van der Waals surface area (Å²) in [5.74, 6) is 0.828. The van der Waals surface area contributed by atoms with Gasteiger partial charge in [0.15, 0.2) is 15.4 Å². The third-order valence-corrected chi connectivity index (χ3v) is 5.42. The number of hydrogen-bond donors (Lipinski definition) is 1. The van der Waals surface area contributed by atoms with Crippen LogP contribution in [0.4, 0.5) is 5.95 Å². The fourth-order valence-corrected chi connectivity index (χ4v) is 3.28. The van der Waals surface area contributed by atoms with Crippen LogP contribution in [-0.4, -0.2) is 35.7 Å².